The van der Waals surface area contributed by atoms with Crippen molar-refractivity contribution in [2.24, 2.45) is 0 Å². The summed E-state index contributed by atoms with van der Waals surface area (Å²) in [6.07, 6.45) is 4.11. The van der Waals surface area contributed by atoms with Crippen LogP contribution in [0.15, 0.2) is 53.3 Å². The van der Waals surface area contributed by atoms with E-state index in [0.717, 1.165) is 16.5 Å². The van der Waals surface area contributed by atoms with E-state index in [4.69, 9.17) is 0 Å². The summed E-state index contributed by atoms with van der Waals surface area (Å²) in [4.78, 5) is 6.26. The lowest BCUT2D eigenvalue weighted by atomic mass is 10.0. The molecule has 21 heavy (non-hydrogen) atoms. The summed E-state index contributed by atoms with van der Waals surface area (Å²) in [6, 6.07) is 12.2. The summed E-state index contributed by atoms with van der Waals surface area (Å²) in [5, 5.41) is 10.5. The summed E-state index contributed by atoms with van der Waals surface area (Å²) in [5.41, 5.74) is 2.16. The van der Waals surface area contributed by atoms with Crippen LogP contribution in [0.4, 0.5) is 0 Å². The van der Waals surface area contributed by atoms with E-state index in [0.29, 0.717) is 6.54 Å². The lowest BCUT2D eigenvalue weighted by Crippen LogP contribution is -2.29. The first-order chi connectivity index (χ1) is 10.1. The Balaban J connectivity index is 2.09. The maximum atomic E-state index is 10.5. The number of aliphatic hydroxyl groups excluding tert-OH is 1. The fourth-order valence-corrected chi connectivity index (χ4v) is 3.18. The quantitative estimate of drug-likeness (QED) is 0.858. The monoisotopic (exact) mass is 348 g/mol. The summed E-state index contributed by atoms with van der Waals surface area (Å²) >= 11 is 3.50. The van der Waals surface area contributed by atoms with E-state index in [1.165, 1.54) is 5.56 Å². The van der Waals surface area contributed by atoms with E-state index in [9.17, 15) is 5.11 Å². The van der Waals surface area contributed by atoms with Crippen molar-refractivity contribution < 1.29 is 5.11 Å². The molecule has 2 rings (SSSR count). The van der Waals surface area contributed by atoms with Gasteiger partial charge in [-0.05, 0) is 42.8 Å². The number of benzene rings is 1. The molecule has 0 saturated carbocycles. The summed E-state index contributed by atoms with van der Waals surface area (Å²) < 4.78 is 0.947. The van der Waals surface area contributed by atoms with Crippen molar-refractivity contribution in [2.75, 3.05) is 13.6 Å². The molecular formula is C17H21BrN2O. The maximum Gasteiger partial charge on any atom is 0.0927 e. The van der Waals surface area contributed by atoms with Gasteiger partial charge in [-0.2, -0.15) is 0 Å². The first-order valence-corrected chi connectivity index (χ1v) is 7.95. The van der Waals surface area contributed by atoms with E-state index < -0.39 is 6.10 Å². The molecule has 112 valence electrons. The molecule has 1 N–H and O–H groups in total. The van der Waals surface area contributed by atoms with Gasteiger partial charge in [-0.15, -0.1) is 0 Å². The molecule has 0 aliphatic heterocycles. The van der Waals surface area contributed by atoms with Gasteiger partial charge in [0, 0.05) is 29.5 Å². The van der Waals surface area contributed by atoms with Crippen molar-refractivity contribution in [1.29, 1.82) is 0 Å². The average molecular weight is 349 g/mol. The molecule has 0 aliphatic carbocycles. The Morgan fingerprint density at radius 3 is 2.48 bits per heavy atom. The second kappa shape index (κ2) is 7.69. The molecule has 0 amide bonds. The minimum absolute atomic E-state index is 0.283. The molecule has 2 unspecified atom stereocenters. The number of pyridine rings is 1. The number of hydrogen-bond acceptors (Lipinski definition) is 3. The highest BCUT2D eigenvalue weighted by Gasteiger charge is 2.19. The van der Waals surface area contributed by atoms with Gasteiger partial charge in [0.1, 0.15) is 0 Å². The van der Waals surface area contributed by atoms with Crippen LogP contribution in [0, 0.1) is 0 Å². The molecular weight excluding hydrogens is 328 g/mol. The molecule has 0 radical (unpaired) electrons. The number of aromatic nitrogens is 1. The minimum Gasteiger partial charge on any atom is -0.387 e. The Kier molecular flexibility index (Phi) is 5.91. The van der Waals surface area contributed by atoms with Gasteiger partial charge >= 0.3 is 0 Å². The van der Waals surface area contributed by atoms with Crippen LogP contribution in [-0.2, 0) is 0 Å². The number of nitrogens with zero attached hydrogens (tertiary/aromatic N) is 2. The highest BCUT2D eigenvalue weighted by Crippen LogP contribution is 2.27. The summed E-state index contributed by atoms with van der Waals surface area (Å²) in [6.45, 7) is 2.75. The second-order valence-electron chi connectivity index (χ2n) is 5.18. The van der Waals surface area contributed by atoms with Gasteiger partial charge in [-0.25, -0.2) is 0 Å². The van der Waals surface area contributed by atoms with E-state index in [-0.39, 0.29) is 6.04 Å². The van der Waals surface area contributed by atoms with Gasteiger partial charge in [-0.3, -0.25) is 9.88 Å². The molecule has 1 heterocycles. The van der Waals surface area contributed by atoms with Gasteiger partial charge in [0.2, 0.25) is 0 Å². The zero-order chi connectivity index (χ0) is 15.2. The third-order valence-corrected chi connectivity index (χ3v) is 4.46. The van der Waals surface area contributed by atoms with Crippen LogP contribution in [0.3, 0.4) is 0 Å². The third-order valence-electron chi connectivity index (χ3n) is 3.73. The Morgan fingerprint density at radius 2 is 1.86 bits per heavy atom. The number of aliphatic hydroxyl groups is 1. The minimum atomic E-state index is -0.513. The molecule has 0 aliphatic rings. The van der Waals surface area contributed by atoms with E-state index in [1.807, 2.05) is 48.8 Å². The largest absolute Gasteiger partial charge is 0.387 e. The molecule has 0 saturated heterocycles. The molecule has 0 spiro atoms. The van der Waals surface area contributed by atoms with Crippen molar-refractivity contribution in [2.45, 2.75) is 25.5 Å². The van der Waals surface area contributed by atoms with E-state index in [1.54, 1.807) is 0 Å². The van der Waals surface area contributed by atoms with Crippen LogP contribution in [-0.4, -0.2) is 28.6 Å². The van der Waals surface area contributed by atoms with Crippen molar-refractivity contribution in [3.05, 3.63) is 64.4 Å². The number of hydrogen-bond donors (Lipinski definition) is 1. The van der Waals surface area contributed by atoms with Gasteiger partial charge < -0.3 is 5.11 Å². The second-order valence-corrected chi connectivity index (χ2v) is 6.04. The highest BCUT2D eigenvalue weighted by molar-refractivity contribution is 9.10. The van der Waals surface area contributed by atoms with Crippen molar-refractivity contribution in [1.82, 2.24) is 9.88 Å². The van der Waals surface area contributed by atoms with Crippen LogP contribution >= 0.6 is 15.9 Å². The number of halogens is 1. The molecule has 2 atom stereocenters. The van der Waals surface area contributed by atoms with Crippen molar-refractivity contribution in [3.63, 3.8) is 0 Å². The predicted molar refractivity (Wildman–Crippen MR) is 89.0 cm³/mol. The van der Waals surface area contributed by atoms with Crippen molar-refractivity contribution >= 4 is 15.9 Å². The Hall–Kier alpha value is -1.23. The third kappa shape index (κ3) is 4.13. The summed E-state index contributed by atoms with van der Waals surface area (Å²) in [5.74, 6) is 0. The van der Waals surface area contributed by atoms with Crippen LogP contribution in [0.25, 0.3) is 0 Å². The first-order valence-electron chi connectivity index (χ1n) is 7.16. The molecule has 0 fully saturated rings. The van der Waals surface area contributed by atoms with Gasteiger partial charge in [0.15, 0.2) is 0 Å². The molecule has 1 aromatic heterocycles. The average Bonchev–Trinajstić information content (AvgIpc) is 2.49. The molecule has 3 nitrogen and oxygen atoms in total. The standard InChI is InChI=1S/C17H21BrN2O/c1-3-16(13-8-10-19-11-9-13)20(2)12-17(21)14-6-4-5-7-15(14)18/h4-11,16-17,21H,3,12H2,1-2H3. The fourth-order valence-electron chi connectivity index (χ4n) is 2.63. The molecule has 1 aromatic carbocycles. The van der Waals surface area contributed by atoms with Crippen molar-refractivity contribution in [3.8, 4) is 0 Å². The lowest BCUT2D eigenvalue weighted by molar-refractivity contribution is 0.102. The molecule has 4 heteroatoms. The maximum absolute atomic E-state index is 10.5. The van der Waals surface area contributed by atoms with E-state index in [2.05, 4.69) is 39.8 Å². The van der Waals surface area contributed by atoms with Gasteiger partial charge in [-0.1, -0.05) is 41.1 Å². The Labute approximate surface area is 134 Å². The zero-order valence-corrected chi connectivity index (χ0v) is 14.0. The van der Waals surface area contributed by atoms with Gasteiger partial charge in [0.05, 0.1) is 6.10 Å². The summed E-state index contributed by atoms with van der Waals surface area (Å²) in [7, 11) is 2.05. The normalized spacial score (nSPS) is 14.1. The Morgan fingerprint density at radius 1 is 1.19 bits per heavy atom. The first kappa shape index (κ1) is 16.1. The van der Waals surface area contributed by atoms with Crippen LogP contribution in [0.2, 0.25) is 0 Å². The smallest absolute Gasteiger partial charge is 0.0927 e. The number of rotatable bonds is 6. The SMILES string of the molecule is CCC(c1ccncc1)N(C)CC(O)c1ccccc1Br. The topological polar surface area (TPSA) is 36.4 Å². The molecule has 0 bridgehead atoms. The van der Waals surface area contributed by atoms with Gasteiger partial charge in [0.25, 0.3) is 0 Å². The van der Waals surface area contributed by atoms with E-state index >= 15 is 0 Å². The van der Waals surface area contributed by atoms with Crippen LogP contribution in [0.5, 0.6) is 0 Å². The fraction of sp³-hybridized carbons (Fsp3) is 0.353. The van der Waals surface area contributed by atoms with Crippen LogP contribution < -0.4 is 0 Å². The lowest BCUT2D eigenvalue weighted by Gasteiger charge is -2.29. The zero-order valence-electron chi connectivity index (χ0n) is 12.4. The molecule has 2 aromatic rings. The predicted octanol–water partition coefficient (Wildman–Crippen LogP) is 3.96. The Bertz CT molecular complexity index is 562. The van der Waals surface area contributed by atoms with Crippen LogP contribution in [0.1, 0.15) is 36.6 Å². The number of likely N-dealkylation sites (N-methyl/N-ethyl adjacent to an activating group) is 1. The highest BCUT2D eigenvalue weighted by atomic mass is 79.9.